The van der Waals surface area contributed by atoms with E-state index in [9.17, 15) is 14.9 Å². The first kappa shape index (κ1) is 25.1. The highest BCUT2D eigenvalue weighted by Crippen LogP contribution is 2.39. The molecule has 1 saturated heterocycles. The average molecular weight is 560 g/mol. The van der Waals surface area contributed by atoms with Gasteiger partial charge < -0.3 is 9.47 Å². The van der Waals surface area contributed by atoms with Crippen molar-refractivity contribution >= 4 is 44.9 Å². The van der Waals surface area contributed by atoms with Crippen molar-refractivity contribution < 1.29 is 19.1 Å². The molecule has 7 nitrogen and oxygen atoms in total. The lowest BCUT2D eigenvalue weighted by Gasteiger charge is -2.14. The summed E-state index contributed by atoms with van der Waals surface area (Å²) < 4.78 is 12.1. The number of thioether (sulfide) groups is 1. The molecule has 0 spiro atoms. The molecule has 0 unspecified atom stereocenters. The molecule has 2 amide bonds. The van der Waals surface area contributed by atoms with Crippen molar-refractivity contribution in [3.05, 3.63) is 97.9 Å². The van der Waals surface area contributed by atoms with Gasteiger partial charge in [0.05, 0.1) is 46.3 Å². The van der Waals surface area contributed by atoms with Crippen LogP contribution in [0.5, 0.6) is 11.5 Å². The predicted molar refractivity (Wildman–Crippen MR) is 139 cm³/mol. The molecule has 1 aliphatic heterocycles. The van der Waals surface area contributed by atoms with Crippen LogP contribution >= 0.6 is 27.7 Å². The van der Waals surface area contributed by atoms with E-state index in [2.05, 4.69) is 28.1 Å². The molecule has 0 saturated carbocycles. The molecule has 36 heavy (non-hydrogen) atoms. The van der Waals surface area contributed by atoms with Crippen LogP contribution in [0.2, 0.25) is 0 Å². The number of hydrogen-bond acceptors (Lipinski definition) is 7. The van der Waals surface area contributed by atoms with Crippen LogP contribution < -0.4 is 9.47 Å². The quantitative estimate of drug-likeness (QED) is 0.326. The van der Waals surface area contributed by atoms with Gasteiger partial charge in [0, 0.05) is 0 Å². The molecule has 0 aromatic heterocycles. The first-order valence-corrected chi connectivity index (χ1v) is 12.3. The number of rotatable bonds is 7. The van der Waals surface area contributed by atoms with Crippen molar-refractivity contribution in [1.82, 2.24) is 4.90 Å². The molecule has 1 fully saturated rings. The Labute approximate surface area is 220 Å². The number of amides is 2. The number of nitrogens with zero attached hydrogens (tertiary/aromatic N) is 3. The Bertz CT molecular complexity index is 1460. The van der Waals surface area contributed by atoms with Gasteiger partial charge in [-0.3, -0.25) is 14.5 Å². The average Bonchev–Trinajstić information content (AvgIpc) is 3.15. The number of halogens is 1. The molecule has 0 N–H and O–H groups in total. The Balaban J connectivity index is 1.53. The SMILES string of the molecule is COc1cc(/C=C2/SC(=O)N(Cc3ccccc3C#N)C2=O)cc(Br)c1OCc1ccc(C#N)cc1. The second-order valence-corrected chi connectivity index (χ2v) is 9.52. The first-order valence-electron chi connectivity index (χ1n) is 10.7. The molecule has 0 atom stereocenters. The molecule has 0 radical (unpaired) electrons. The van der Waals surface area contributed by atoms with Crippen LogP contribution in [0.3, 0.4) is 0 Å². The standard InChI is InChI=1S/C27H18BrN3O4S/c1-34-23-11-19(10-22(28)25(23)35-16-18-8-6-17(13-29)7-9-18)12-24-26(32)31(27(33)36-24)15-21-5-3-2-4-20(21)14-30/h2-12H,15-16H2,1H3/b24-12+. The zero-order valence-electron chi connectivity index (χ0n) is 19.0. The third kappa shape index (κ3) is 5.44. The number of benzene rings is 3. The van der Waals surface area contributed by atoms with Gasteiger partial charge in [0.25, 0.3) is 11.1 Å². The van der Waals surface area contributed by atoms with Gasteiger partial charge in [-0.1, -0.05) is 30.3 Å². The van der Waals surface area contributed by atoms with Gasteiger partial charge in [-0.2, -0.15) is 10.5 Å². The van der Waals surface area contributed by atoms with Crippen molar-refractivity contribution in [2.24, 2.45) is 0 Å². The third-order valence-corrected chi connectivity index (χ3v) is 6.85. The van der Waals surface area contributed by atoms with Gasteiger partial charge in [0.15, 0.2) is 11.5 Å². The summed E-state index contributed by atoms with van der Waals surface area (Å²) in [5.74, 6) is 0.514. The van der Waals surface area contributed by atoms with Crippen molar-refractivity contribution in [3.8, 4) is 23.6 Å². The van der Waals surface area contributed by atoms with Gasteiger partial charge in [-0.25, -0.2) is 0 Å². The Morgan fingerprint density at radius 1 is 1.06 bits per heavy atom. The Morgan fingerprint density at radius 2 is 1.81 bits per heavy atom. The molecular formula is C27H18BrN3O4S. The van der Waals surface area contributed by atoms with Crippen LogP contribution in [0.1, 0.15) is 27.8 Å². The molecule has 3 aromatic rings. The van der Waals surface area contributed by atoms with Gasteiger partial charge in [0.2, 0.25) is 0 Å². The number of nitriles is 2. The van der Waals surface area contributed by atoms with Crippen LogP contribution in [0.15, 0.2) is 70.0 Å². The van der Waals surface area contributed by atoms with E-state index in [-0.39, 0.29) is 18.1 Å². The highest BCUT2D eigenvalue weighted by Gasteiger charge is 2.35. The summed E-state index contributed by atoms with van der Waals surface area (Å²) in [4.78, 5) is 27.0. The highest BCUT2D eigenvalue weighted by atomic mass is 79.9. The summed E-state index contributed by atoms with van der Waals surface area (Å²) >= 11 is 4.36. The van der Waals surface area contributed by atoms with E-state index in [1.54, 1.807) is 54.6 Å². The van der Waals surface area contributed by atoms with E-state index in [0.29, 0.717) is 38.2 Å². The Hall–Kier alpha value is -4.05. The number of imide groups is 1. The van der Waals surface area contributed by atoms with Crippen LogP contribution in [-0.2, 0) is 17.9 Å². The van der Waals surface area contributed by atoms with E-state index < -0.39 is 11.1 Å². The molecule has 4 rings (SSSR count). The van der Waals surface area contributed by atoms with Gasteiger partial charge in [-0.05, 0) is 80.8 Å². The lowest BCUT2D eigenvalue weighted by molar-refractivity contribution is -0.123. The number of hydrogen-bond donors (Lipinski definition) is 0. The highest BCUT2D eigenvalue weighted by molar-refractivity contribution is 9.10. The Kier molecular flexibility index (Phi) is 7.74. The van der Waals surface area contributed by atoms with Crippen molar-refractivity contribution in [3.63, 3.8) is 0 Å². The number of carbonyl (C=O) groups is 2. The Morgan fingerprint density at radius 3 is 2.50 bits per heavy atom. The fraction of sp³-hybridized carbons (Fsp3) is 0.111. The number of carbonyl (C=O) groups excluding carboxylic acids is 2. The molecule has 0 bridgehead atoms. The second-order valence-electron chi connectivity index (χ2n) is 7.67. The van der Waals surface area contributed by atoms with Crippen molar-refractivity contribution in [2.75, 3.05) is 7.11 Å². The summed E-state index contributed by atoms with van der Waals surface area (Å²) in [5.41, 5.74) is 3.13. The molecule has 3 aromatic carbocycles. The molecule has 1 heterocycles. The van der Waals surface area contributed by atoms with Crippen molar-refractivity contribution in [2.45, 2.75) is 13.2 Å². The van der Waals surface area contributed by atoms with E-state index in [0.717, 1.165) is 22.2 Å². The molecule has 9 heteroatoms. The molecule has 1 aliphatic rings. The predicted octanol–water partition coefficient (Wildman–Crippen LogP) is 6.02. The van der Waals surface area contributed by atoms with Crippen LogP contribution in [-0.4, -0.2) is 23.2 Å². The maximum atomic E-state index is 13.0. The lowest BCUT2D eigenvalue weighted by Crippen LogP contribution is -2.27. The first-order chi connectivity index (χ1) is 17.4. The summed E-state index contributed by atoms with van der Waals surface area (Å²) in [6, 6.07) is 21.6. The third-order valence-electron chi connectivity index (χ3n) is 5.36. The van der Waals surface area contributed by atoms with E-state index in [1.165, 1.54) is 7.11 Å². The van der Waals surface area contributed by atoms with Gasteiger partial charge >= 0.3 is 0 Å². The largest absolute Gasteiger partial charge is 0.493 e. The van der Waals surface area contributed by atoms with Gasteiger partial charge in [-0.15, -0.1) is 0 Å². The normalized spacial score (nSPS) is 14.0. The minimum absolute atomic E-state index is 0.0287. The van der Waals surface area contributed by atoms with Crippen LogP contribution in [0.4, 0.5) is 4.79 Å². The van der Waals surface area contributed by atoms with Crippen molar-refractivity contribution in [1.29, 1.82) is 10.5 Å². The zero-order valence-corrected chi connectivity index (χ0v) is 21.4. The summed E-state index contributed by atoms with van der Waals surface area (Å²) in [6.07, 6.45) is 1.62. The number of methoxy groups -OCH3 is 1. The maximum Gasteiger partial charge on any atom is 0.293 e. The summed E-state index contributed by atoms with van der Waals surface area (Å²) in [7, 11) is 1.51. The summed E-state index contributed by atoms with van der Waals surface area (Å²) in [6.45, 7) is 0.296. The topological polar surface area (TPSA) is 103 Å². The maximum absolute atomic E-state index is 13.0. The minimum Gasteiger partial charge on any atom is -0.493 e. The van der Waals surface area contributed by atoms with E-state index in [1.807, 2.05) is 12.1 Å². The monoisotopic (exact) mass is 559 g/mol. The van der Waals surface area contributed by atoms with E-state index >= 15 is 0 Å². The smallest absolute Gasteiger partial charge is 0.293 e. The number of ether oxygens (including phenoxy) is 2. The molecule has 0 aliphatic carbocycles. The molecular weight excluding hydrogens is 542 g/mol. The lowest BCUT2D eigenvalue weighted by atomic mass is 10.1. The van der Waals surface area contributed by atoms with Crippen LogP contribution in [0.25, 0.3) is 6.08 Å². The van der Waals surface area contributed by atoms with Gasteiger partial charge in [0.1, 0.15) is 6.61 Å². The van der Waals surface area contributed by atoms with E-state index in [4.69, 9.17) is 14.7 Å². The summed E-state index contributed by atoms with van der Waals surface area (Å²) in [5, 5.41) is 17.8. The molecule has 178 valence electrons. The van der Waals surface area contributed by atoms with Crippen LogP contribution in [0, 0.1) is 22.7 Å². The fourth-order valence-corrected chi connectivity index (χ4v) is 4.93. The zero-order chi connectivity index (χ0) is 25.7. The minimum atomic E-state index is -0.422. The fourth-order valence-electron chi connectivity index (χ4n) is 3.52. The second kappa shape index (κ2) is 11.1.